The van der Waals surface area contributed by atoms with Gasteiger partial charge in [-0.15, -0.1) is 0 Å². The van der Waals surface area contributed by atoms with Gasteiger partial charge in [0.1, 0.15) is 23.9 Å². The van der Waals surface area contributed by atoms with Crippen LogP contribution in [0, 0.1) is 5.41 Å². The second-order valence-electron chi connectivity index (χ2n) is 10.7. The van der Waals surface area contributed by atoms with E-state index in [9.17, 15) is 9.59 Å². The van der Waals surface area contributed by atoms with Crippen LogP contribution in [0.15, 0.2) is 73.1 Å². The fourth-order valence-corrected chi connectivity index (χ4v) is 5.66. The van der Waals surface area contributed by atoms with E-state index >= 15 is 0 Å². The number of rotatable bonds is 6. The van der Waals surface area contributed by atoms with Crippen molar-refractivity contribution < 1.29 is 23.8 Å². The zero-order valence-corrected chi connectivity index (χ0v) is 23.9. The first-order valence-corrected chi connectivity index (χ1v) is 14.6. The number of piperidine rings is 1. The summed E-state index contributed by atoms with van der Waals surface area (Å²) in [5.41, 5.74) is 0.483. The molecule has 0 radical (unpaired) electrons. The first-order chi connectivity index (χ1) is 20.0. The van der Waals surface area contributed by atoms with E-state index in [1.807, 2.05) is 41.3 Å². The summed E-state index contributed by atoms with van der Waals surface area (Å²) < 4.78 is 18.0. The number of aromatic nitrogens is 1. The van der Waals surface area contributed by atoms with Crippen molar-refractivity contribution in [3.8, 4) is 17.2 Å². The van der Waals surface area contributed by atoms with Gasteiger partial charge >= 0.3 is 0 Å². The molecule has 9 heteroatoms. The number of hydrogen-bond acceptors (Lipinski definition) is 6. The molecule has 3 aliphatic heterocycles. The summed E-state index contributed by atoms with van der Waals surface area (Å²) in [5.74, 6) is 1.68. The zero-order chi connectivity index (χ0) is 28.5. The number of benzene rings is 2. The molecule has 0 atom stereocenters. The number of nitrogens with zero attached hydrogens (tertiary/aromatic N) is 3. The second kappa shape index (κ2) is 13.7. The van der Waals surface area contributed by atoms with Gasteiger partial charge in [0, 0.05) is 36.3 Å². The molecule has 0 aliphatic carbocycles. The minimum Gasteiger partial charge on any atom is -0.491 e. The van der Waals surface area contributed by atoms with Crippen molar-refractivity contribution in [2.75, 3.05) is 46.0 Å². The van der Waals surface area contributed by atoms with Gasteiger partial charge in [-0.25, -0.2) is 0 Å². The van der Waals surface area contributed by atoms with Gasteiger partial charge in [0.25, 0.3) is 11.8 Å². The third-order valence-electron chi connectivity index (χ3n) is 7.92. The maximum Gasteiger partial charge on any atom is 0.260 e. The lowest BCUT2D eigenvalue weighted by Gasteiger charge is -2.42. The SMILES string of the molecule is O=C(COc1cccc(Cl)c1)N1CCCCC2(COc3cccnc3)CCN(CC2)C(=O)c2ccccc2OCC1. The van der Waals surface area contributed by atoms with Gasteiger partial charge in [-0.2, -0.15) is 0 Å². The highest BCUT2D eigenvalue weighted by molar-refractivity contribution is 6.30. The maximum absolute atomic E-state index is 13.5. The average Bonchev–Trinajstić information content (AvgIpc) is 3.01. The van der Waals surface area contributed by atoms with Gasteiger partial charge in [-0.1, -0.05) is 36.2 Å². The highest BCUT2D eigenvalue weighted by atomic mass is 35.5. The lowest BCUT2D eigenvalue weighted by molar-refractivity contribution is -0.133. The number of fused-ring (bicyclic) bond motifs is 9. The molecule has 4 heterocycles. The average molecular weight is 578 g/mol. The molecule has 2 aromatic carbocycles. The molecule has 3 aromatic rings. The molecule has 216 valence electrons. The summed E-state index contributed by atoms with van der Waals surface area (Å²) in [7, 11) is 0. The summed E-state index contributed by atoms with van der Waals surface area (Å²) in [4.78, 5) is 34.6. The molecule has 2 bridgehead atoms. The van der Waals surface area contributed by atoms with Crippen LogP contribution in [0.5, 0.6) is 17.2 Å². The molecule has 2 amide bonds. The Morgan fingerprint density at radius 3 is 2.56 bits per heavy atom. The number of pyridine rings is 1. The van der Waals surface area contributed by atoms with Crippen molar-refractivity contribution in [1.82, 2.24) is 14.8 Å². The van der Waals surface area contributed by atoms with E-state index in [2.05, 4.69) is 4.98 Å². The van der Waals surface area contributed by atoms with Gasteiger partial charge in [0.05, 0.1) is 24.9 Å². The zero-order valence-electron chi connectivity index (χ0n) is 23.2. The Hall–Kier alpha value is -3.78. The molecule has 1 aromatic heterocycles. The van der Waals surface area contributed by atoms with Crippen molar-refractivity contribution >= 4 is 23.4 Å². The number of carbonyl (C=O) groups is 2. The number of amides is 2. The van der Waals surface area contributed by atoms with Crippen molar-refractivity contribution in [3.05, 3.63) is 83.6 Å². The molecule has 41 heavy (non-hydrogen) atoms. The van der Waals surface area contributed by atoms with Crippen LogP contribution in [0.2, 0.25) is 5.02 Å². The summed E-state index contributed by atoms with van der Waals surface area (Å²) in [6, 6.07) is 18.1. The molecule has 6 rings (SSSR count). The Kier molecular flexibility index (Phi) is 9.62. The van der Waals surface area contributed by atoms with Crippen LogP contribution < -0.4 is 14.2 Å². The number of carbonyl (C=O) groups excluding carboxylic acids is 2. The Labute approximate surface area is 246 Å². The number of ether oxygens (including phenoxy) is 3. The van der Waals surface area contributed by atoms with Gasteiger partial charge in [-0.3, -0.25) is 14.6 Å². The van der Waals surface area contributed by atoms with Crippen molar-refractivity contribution in [2.45, 2.75) is 32.1 Å². The Bertz CT molecular complexity index is 1310. The predicted octanol–water partition coefficient (Wildman–Crippen LogP) is 5.51. The predicted molar refractivity (Wildman–Crippen MR) is 157 cm³/mol. The Morgan fingerprint density at radius 2 is 1.76 bits per heavy atom. The minimum atomic E-state index is -0.121. The van der Waals surface area contributed by atoms with Gasteiger partial charge in [-0.05, 0) is 68.1 Å². The first kappa shape index (κ1) is 28.7. The molecule has 3 aliphatic rings. The highest BCUT2D eigenvalue weighted by Gasteiger charge is 2.37. The second-order valence-corrected chi connectivity index (χ2v) is 11.1. The largest absolute Gasteiger partial charge is 0.491 e. The first-order valence-electron chi connectivity index (χ1n) is 14.2. The Balaban J connectivity index is 1.31. The van der Waals surface area contributed by atoms with Crippen LogP contribution in [0.1, 0.15) is 42.5 Å². The smallest absolute Gasteiger partial charge is 0.260 e. The molecule has 1 saturated heterocycles. The lowest BCUT2D eigenvalue weighted by atomic mass is 9.75. The van der Waals surface area contributed by atoms with Gasteiger partial charge in [0.2, 0.25) is 0 Å². The summed E-state index contributed by atoms with van der Waals surface area (Å²) >= 11 is 6.06. The van der Waals surface area contributed by atoms with E-state index in [1.54, 1.807) is 41.6 Å². The van der Waals surface area contributed by atoms with Crippen LogP contribution in [-0.2, 0) is 4.79 Å². The van der Waals surface area contributed by atoms with E-state index in [1.165, 1.54) is 0 Å². The number of para-hydroxylation sites is 1. The van der Waals surface area contributed by atoms with E-state index in [0.717, 1.165) is 37.9 Å². The summed E-state index contributed by atoms with van der Waals surface area (Å²) in [5, 5.41) is 0.553. The molecule has 0 spiro atoms. The topological polar surface area (TPSA) is 81.2 Å². The van der Waals surface area contributed by atoms with Crippen molar-refractivity contribution in [3.63, 3.8) is 0 Å². The van der Waals surface area contributed by atoms with Gasteiger partial charge in [0.15, 0.2) is 6.61 Å². The number of hydrogen-bond donors (Lipinski definition) is 0. The molecular formula is C32H36ClN3O5. The summed E-state index contributed by atoms with van der Waals surface area (Å²) in [6.07, 6.45) is 7.88. The van der Waals surface area contributed by atoms with Crippen LogP contribution >= 0.6 is 11.6 Å². The van der Waals surface area contributed by atoms with Crippen LogP contribution in [0.3, 0.4) is 0 Å². The van der Waals surface area contributed by atoms with Crippen LogP contribution in [0.4, 0.5) is 0 Å². The molecular weight excluding hydrogens is 542 g/mol. The molecule has 8 nitrogen and oxygen atoms in total. The molecule has 0 unspecified atom stereocenters. The third kappa shape index (κ3) is 7.70. The van der Waals surface area contributed by atoms with Crippen LogP contribution in [0.25, 0.3) is 0 Å². The third-order valence-corrected chi connectivity index (χ3v) is 8.16. The van der Waals surface area contributed by atoms with E-state index in [4.69, 9.17) is 25.8 Å². The normalized spacial score (nSPS) is 17.5. The highest BCUT2D eigenvalue weighted by Crippen LogP contribution is 2.38. The van der Waals surface area contributed by atoms with Crippen molar-refractivity contribution in [2.24, 2.45) is 5.41 Å². The Morgan fingerprint density at radius 1 is 0.927 bits per heavy atom. The van der Waals surface area contributed by atoms with Crippen LogP contribution in [-0.4, -0.2) is 72.6 Å². The number of halogens is 1. The van der Waals surface area contributed by atoms with E-state index in [-0.39, 0.29) is 30.4 Å². The van der Waals surface area contributed by atoms with E-state index in [0.29, 0.717) is 54.9 Å². The molecule has 0 N–H and O–H groups in total. The van der Waals surface area contributed by atoms with E-state index < -0.39 is 0 Å². The monoisotopic (exact) mass is 577 g/mol. The fourth-order valence-electron chi connectivity index (χ4n) is 5.48. The fraction of sp³-hybridized carbons (Fsp3) is 0.406. The summed E-state index contributed by atoms with van der Waals surface area (Å²) in [6.45, 7) is 3.05. The van der Waals surface area contributed by atoms with Gasteiger partial charge < -0.3 is 24.0 Å². The maximum atomic E-state index is 13.5. The lowest BCUT2D eigenvalue weighted by Crippen LogP contribution is -2.45. The quantitative estimate of drug-likeness (QED) is 0.384. The molecule has 1 fully saturated rings. The van der Waals surface area contributed by atoms with Crippen molar-refractivity contribution in [1.29, 1.82) is 0 Å². The standard InChI is InChI=1S/C32H36ClN3O5/c33-25-7-5-8-26(21-25)40-23-30(37)35-16-4-3-12-32(24-41-27-9-6-15-34-22-27)13-17-36(18-14-32)31(38)28-10-1-2-11-29(28)39-20-19-35/h1-2,5-11,15,21-22H,3-4,12-14,16-20,23-24H2. The minimum absolute atomic E-state index is 0.0277. The molecule has 0 saturated carbocycles.